The summed E-state index contributed by atoms with van der Waals surface area (Å²) in [5.41, 5.74) is 0.0630. The van der Waals surface area contributed by atoms with E-state index in [9.17, 15) is 0 Å². The number of hydrogen-bond donors (Lipinski definition) is 2. The number of nitrogens with one attached hydrogen (secondary N) is 2. The Morgan fingerprint density at radius 3 is 2.59 bits per heavy atom. The van der Waals surface area contributed by atoms with Gasteiger partial charge in [0.1, 0.15) is 0 Å². The van der Waals surface area contributed by atoms with Gasteiger partial charge in [-0.15, -0.1) is 5.10 Å². The average Bonchev–Trinajstić information content (AvgIpc) is 2.86. The summed E-state index contributed by atoms with van der Waals surface area (Å²) in [5.74, 6) is 0.639. The third-order valence-corrected chi connectivity index (χ3v) is 2.92. The predicted octanol–water partition coefficient (Wildman–Crippen LogP) is 2.31. The van der Waals surface area contributed by atoms with Crippen LogP contribution in [0.5, 0.6) is 0 Å². The summed E-state index contributed by atoms with van der Waals surface area (Å²) in [5, 5.41) is 14.6. The summed E-state index contributed by atoms with van der Waals surface area (Å²) >= 11 is 0. The predicted molar refractivity (Wildman–Crippen MR) is 66.8 cm³/mol. The van der Waals surface area contributed by atoms with Gasteiger partial charge in [0.2, 0.25) is 5.89 Å². The van der Waals surface area contributed by atoms with E-state index in [4.69, 9.17) is 4.42 Å². The lowest BCUT2D eigenvalue weighted by Crippen LogP contribution is -2.35. The maximum Gasteiger partial charge on any atom is 0.315 e. The van der Waals surface area contributed by atoms with Crippen LogP contribution in [0.2, 0.25) is 0 Å². The van der Waals surface area contributed by atoms with E-state index in [0.717, 1.165) is 0 Å². The number of aromatic nitrogens is 2. The van der Waals surface area contributed by atoms with Crippen LogP contribution in [0.25, 0.3) is 0 Å². The van der Waals surface area contributed by atoms with Crippen LogP contribution in [-0.2, 0) is 6.54 Å². The highest BCUT2D eigenvalue weighted by Gasteiger charge is 2.17. The largest absolute Gasteiger partial charge is 0.407 e. The van der Waals surface area contributed by atoms with E-state index in [1.54, 1.807) is 0 Å². The molecule has 0 unspecified atom stereocenters. The van der Waals surface area contributed by atoms with Crippen molar-refractivity contribution in [2.45, 2.75) is 64.6 Å². The molecule has 2 N–H and O–H groups in total. The summed E-state index contributed by atoms with van der Waals surface area (Å²) in [7, 11) is 0. The van der Waals surface area contributed by atoms with Gasteiger partial charge in [-0.2, -0.15) is 0 Å². The van der Waals surface area contributed by atoms with E-state index < -0.39 is 0 Å². The molecule has 1 saturated carbocycles. The van der Waals surface area contributed by atoms with E-state index >= 15 is 0 Å². The van der Waals surface area contributed by atoms with Crippen molar-refractivity contribution in [1.82, 2.24) is 15.5 Å². The highest BCUT2D eigenvalue weighted by atomic mass is 16.4. The summed E-state index contributed by atoms with van der Waals surface area (Å²) in [6, 6.07) is 1.07. The lowest BCUT2D eigenvalue weighted by Gasteiger charge is -2.18. The standard InChI is InChI=1S/C12H22N4O/c1-12(2,3)13-8-10-15-16-11(17-10)14-9-6-4-5-7-9/h9,13H,4-8H2,1-3H3,(H,14,16). The summed E-state index contributed by atoms with van der Waals surface area (Å²) < 4.78 is 5.55. The van der Waals surface area contributed by atoms with E-state index in [2.05, 4.69) is 41.6 Å². The fourth-order valence-corrected chi connectivity index (χ4v) is 1.97. The van der Waals surface area contributed by atoms with Crippen molar-refractivity contribution in [2.24, 2.45) is 0 Å². The van der Waals surface area contributed by atoms with Gasteiger partial charge in [0.25, 0.3) is 0 Å². The van der Waals surface area contributed by atoms with Crippen LogP contribution in [0.4, 0.5) is 6.01 Å². The lowest BCUT2D eigenvalue weighted by atomic mass is 10.1. The lowest BCUT2D eigenvalue weighted by molar-refractivity contribution is 0.383. The molecule has 1 aliphatic carbocycles. The Morgan fingerprint density at radius 2 is 1.94 bits per heavy atom. The highest BCUT2D eigenvalue weighted by Crippen LogP contribution is 2.21. The first-order valence-electron chi connectivity index (χ1n) is 6.37. The monoisotopic (exact) mass is 238 g/mol. The molecule has 0 aromatic carbocycles. The number of nitrogens with zero attached hydrogens (tertiary/aromatic N) is 2. The first kappa shape index (κ1) is 12.4. The maximum absolute atomic E-state index is 5.55. The van der Waals surface area contributed by atoms with Gasteiger partial charge in [-0.3, -0.25) is 0 Å². The van der Waals surface area contributed by atoms with E-state index in [1.165, 1.54) is 25.7 Å². The zero-order valence-corrected chi connectivity index (χ0v) is 10.9. The van der Waals surface area contributed by atoms with Crippen molar-refractivity contribution in [1.29, 1.82) is 0 Å². The number of rotatable bonds is 4. The summed E-state index contributed by atoms with van der Waals surface area (Å²) in [4.78, 5) is 0. The Kier molecular flexibility index (Phi) is 3.66. The van der Waals surface area contributed by atoms with Gasteiger partial charge in [-0.05, 0) is 33.6 Å². The van der Waals surface area contributed by atoms with Crippen molar-refractivity contribution in [3.63, 3.8) is 0 Å². The van der Waals surface area contributed by atoms with Crippen molar-refractivity contribution >= 4 is 6.01 Å². The Labute approximate surface area is 102 Å². The van der Waals surface area contributed by atoms with Gasteiger partial charge in [-0.25, -0.2) is 0 Å². The summed E-state index contributed by atoms with van der Waals surface area (Å²) in [6.07, 6.45) is 5.00. The van der Waals surface area contributed by atoms with Crippen molar-refractivity contribution in [2.75, 3.05) is 5.32 Å². The molecule has 2 rings (SSSR count). The molecule has 1 aliphatic rings. The molecule has 1 aromatic heterocycles. The molecule has 0 aliphatic heterocycles. The Morgan fingerprint density at radius 1 is 1.24 bits per heavy atom. The van der Waals surface area contributed by atoms with Crippen LogP contribution >= 0.6 is 0 Å². The molecular formula is C12H22N4O. The second-order valence-electron chi connectivity index (χ2n) is 5.73. The zero-order chi connectivity index (χ0) is 12.3. The van der Waals surface area contributed by atoms with E-state index in [0.29, 0.717) is 24.5 Å². The van der Waals surface area contributed by atoms with Crippen molar-refractivity contribution < 1.29 is 4.42 Å². The highest BCUT2D eigenvalue weighted by molar-refractivity contribution is 5.19. The topological polar surface area (TPSA) is 63.0 Å². The molecule has 5 heteroatoms. The molecule has 5 nitrogen and oxygen atoms in total. The van der Waals surface area contributed by atoms with Gasteiger partial charge >= 0.3 is 6.01 Å². The second kappa shape index (κ2) is 5.04. The van der Waals surface area contributed by atoms with Crippen molar-refractivity contribution in [3.8, 4) is 0 Å². The molecule has 0 bridgehead atoms. The molecule has 0 atom stereocenters. The fourth-order valence-electron chi connectivity index (χ4n) is 1.97. The van der Waals surface area contributed by atoms with Crippen LogP contribution in [-0.4, -0.2) is 21.8 Å². The third-order valence-electron chi connectivity index (χ3n) is 2.92. The summed E-state index contributed by atoms with van der Waals surface area (Å²) in [6.45, 7) is 6.95. The molecule has 0 radical (unpaired) electrons. The molecule has 1 fully saturated rings. The van der Waals surface area contributed by atoms with Crippen LogP contribution in [0.1, 0.15) is 52.3 Å². The zero-order valence-electron chi connectivity index (χ0n) is 10.9. The normalized spacial score (nSPS) is 17.6. The first-order valence-corrected chi connectivity index (χ1v) is 6.37. The molecule has 1 heterocycles. The smallest absolute Gasteiger partial charge is 0.315 e. The van der Waals surface area contributed by atoms with Gasteiger partial charge in [0, 0.05) is 11.6 Å². The number of anilines is 1. The second-order valence-corrected chi connectivity index (χ2v) is 5.73. The molecule has 0 saturated heterocycles. The molecule has 0 amide bonds. The first-order chi connectivity index (χ1) is 8.03. The van der Waals surface area contributed by atoms with Gasteiger partial charge in [0.05, 0.1) is 6.54 Å². The van der Waals surface area contributed by atoms with Crippen molar-refractivity contribution in [3.05, 3.63) is 5.89 Å². The Hall–Kier alpha value is -1.10. The fraction of sp³-hybridized carbons (Fsp3) is 0.833. The maximum atomic E-state index is 5.55. The molecule has 17 heavy (non-hydrogen) atoms. The molecule has 96 valence electrons. The van der Waals surface area contributed by atoms with E-state index in [-0.39, 0.29) is 5.54 Å². The van der Waals surface area contributed by atoms with Gasteiger partial charge in [0.15, 0.2) is 0 Å². The molecular weight excluding hydrogens is 216 g/mol. The molecule has 0 spiro atoms. The van der Waals surface area contributed by atoms with Crippen LogP contribution in [0.15, 0.2) is 4.42 Å². The minimum atomic E-state index is 0.0630. The quantitative estimate of drug-likeness (QED) is 0.842. The van der Waals surface area contributed by atoms with Crippen LogP contribution in [0.3, 0.4) is 0 Å². The van der Waals surface area contributed by atoms with Crippen LogP contribution < -0.4 is 10.6 Å². The van der Waals surface area contributed by atoms with Gasteiger partial charge < -0.3 is 15.1 Å². The number of hydrogen-bond acceptors (Lipinski definition) is 5. The minimum absolute atomic E-state index is 0.0630. The minimum Gasteiger partial charge on any atom is -0.407 e. The third kappa shape index (κ3) is 4.00. The van der Waals surface area contributed by atoms with Crippen LogP contribution in [0, 0.1) is 0 Å². The molecule has 1 aromatic rings. The Bertz CT molecular complexity index is 350. The van der Waals surface area contributed by atoms with E-state index in [1.807, 2.05) is 0 Å². The average molecular weight is 238 g/mol. The SMILES string of the molecule is CC(C)(C)NCc1nnc(NC2CCCC2)o1. The van der Waals surface area contributed by atoms with Gasteiger partial charge in [-0.1, -0.05) is 17.9 Å². The Balaban J connectivity index is 1.83.